The largest absolute Gasteiger partial charge is 0.449 e. The maximum absolute atomic E-state index is 12.2. The maximum Gasteiger partial charge on any atom is 0.407 e. The fraction of sp³-hybridized carbons (Fsp3) is 0.250. The van der Waals surface area contributed by atoms with Gasteiger partial charge in [-0.3, -0.25) is 4.79 Å². The second-order valence-corrected chi connectivity index (χ2v) is 7.68. The SMILES string of the molecule is Cc1c[nH]c(=O)c(C(O)C(O)CNC(=O)OCC2c3ccccc3-c3ccccc32)c1. The summed E-state index contributed by atoms with van der Waals surface area (Å²) in [5, 5.41) is 22.9. The number of aryl methyl sites for hydroxylation is 1. The molecule has 2 unspecified atom stereocenters. The van der Waals surface area contributed by atoms with Crippen molar-refractivity contribution in [2.24, 2.45) is 0 Å². The topological polar surface area (TPSA) is 112 Å². The highest BCUT2D eigenvalue weighted by atomic mass is 16.5. The number of aromatic nitrogens is 1. The van der Waals surface area contributed by atoms with Gasteiger partial charge >= 0.3 is 6.09 Å². The van der Waals surface area contributed by atoms with Gasteiger partial charge in [0.2, 0.25) is 0 Å². The molecule has 2 atom stereocenters. The number of pyridine rings is 1. The number of alkyl carbamates (subject to hydrolysis) is 1. The van der Waals surface area contributed by atoms with E-state index in [-0.39, 0.29) is 24.6 Å². The summed E-state index contributed by atoms with van der Waals surface area (Å²) >= 11 is 0. The Balaban J connectivity index is 1.36. The van der Waals surface area contributed by atoms with Crippen LogP contribution >= 0.6 is 0 Å². The van der Waals surface area contributed by atoms with Gasteiger partial charge in [-0.15, -0.1) is 0 Å². The molecule has 0 bridgehead atoms. The van der Waals surface area contributed by atoms with E-state index in [1.807, 2.05) is 36.4 Å². The normalized spacial score (nSPS) is 14.4. The quantitative estimate of drug-likeness (QED) is 0.490. The van der Waals surface area contributed by atoms with Crippen molar-refractivity contribution >= 4 is 6.09 Å². The average molecular weight is 420 g/mol. The van der Waals surface area contributed by atoms with Crippen molar-refractivity contribution < 1.29 is 19.7 Å². The van der Waals surface area contributed by atoms with Gasteiger partial charge in [-0.2, -0.15) is 0 Å². The van der Waals surface area contributed by atoms with Gasteiger partial charge in [-0.05, 0) is 40.8 Å². The molecule has 1 aromatic heterocycles. The number of aliphatic hydroxyl groups excluding tert-OH is 2. The maximum atomic E-state index is 12.2. The molecule has 0 aliphatic heterocycles. The predicted molar refractivity (Wildman–Crippen MR) is 116 cm³/mol. The summed E-state index contributed by atoms with van der Waals surface area (Å²) in [4.78, 5) is 26.6. The number of aliphatic hydroxyl groups is 2. The van der Waals surface area contributed by atoms with Crippen molar-refractivity contribution in [2.75, 3.05) is 13.2 Å². The lowest BCUT2D eigenvalue weighted by Crippen LogP contribution is -2.37. The number of amides is 1. The Hall–Kier alpha value is -3.42. The Bertz CT molecular complexity index is 1110. The first-order chi connectivity index (χ1) is 15.0. The van der Waals surface area contributed by atoms with Crippen LogP contribution in [0.5, 0.6) is 0 Å². The van der Waals surface area contributed by atoms with Gasteiger partial charge in [0.25, 0.3) is 5.56 Å². The third-order valence-electron chi connectivity index (χ3n) is 5.56. The van der Waals surface area contributed by atoms with Crippen molar-refractivity contribution in [1.82, 2.24) is 10.3 Å². The van der Waals surface area contributed by atoms with Crippen molar-refractivity contribution in [1.29, 1.82) is 0 Å². The number of nitrogens with one attached hydrogen (secondary N) is 2. The summed E-state index contributed by atoms with van der Waals surface area (Å²) in [6.45, 7) is 1.65. The van der Waals surface area contributed by atoms with E-state index in [4.69, 9.17) is 4.74 Å². The van der Waals surface area contributed by atoms with Crippen LogP contribution in [0.15, 0.2) is 65.6 Å². The summed E-state index contributed by atoms with van der Waals surface area (Å²) in [5.41, 5.74) is 4.77. The molecule has 0 saturated heterocycles. The summed E-state index contributed by atoms with van der Waals surface area (Å²) < 4.78 is 5.41. The summed E-state index contributed by atoms with van der Waals surface area (Å²) in [7, 11) is 0. The Kier molecular flexibility index (Phi) is 5.88. The number of rotatable bonds is 6. The van der Waals surface area contributed by atoms with Gasteiger partial charge in [0.1, 0.15) is 18.8 Å². The Morgan fingerprint density at radius 2 is 1.71 bits per heavy atom. The Morgan fingerprint density at radius 3 is 2.35 bits per heavy atom. The molecule has 1 amide bonds. The fourth-order valence-electron chi connectivity index (χ4n) is 3.99. The first kappa shape index (κ1) is 20.8. The molecule has 1 aliphatic rings. The van der Waals surface area contributed by atoms with E-state index in [1.165, 1.54) is 12.3 Å². The molecule has 7 heteroatoms. The lowest BCUT2D eigenvalue weighted by atomic mass is 9.98. The highest BCUT2D eigenvalue weighted by Gasteiger charge is 2.29. The van der Waals surface area contributed by atoms with Gasteiger partial charge in [-0.1, -0.05) is 48.5 Å². The van der Waals surface area contributed by atoms with E-state index in [0.29, 0.717) is 0 Å². The predicted octanol–water partition coefficient (Wildman–Crippen LogP) is 2.62. The number of hydrogen-bond acceptors (Lipinski definition) is 5. The van der Waals surface area contributed by atoms with E-state index < -0.39 is 23.9 Å². The van der Waals surface area contributed by atoms with Crippen LogP contribution < -0.4 is 10.9 Å². The molecular weight excluding hydrogens is 396 g/mol. The molecule has 2 aromatic carbocycles. The number of carbonyl (C=O) groups is 1. The zero-order valence-corrected chi connectivity index (χ0v) is 17.0. The molecular formula is C24H24N2O5. The van der Waals surface area contributed by atoms with Gasteiger partial charge in [0.15, 0.2) is 0 Å². The molecule has 4 rings (SSSR count). The van der Waals surface area contributed by atoms with Crippen LogP contribution in [0.2, 0.25) is 0 Å². The third-order valence-corrected chi connectivity index (χ3v) is 5.56. The van der Waals surface area contributed by atoms with Gasteiger partial charge in [0, 0.05) is 24.2 Å². The van der Waals surface area contributed by atoms with Crippen molar-refractivity contribution in [3.05, 3.63) is 93.4 Å². The van der Waals surface area contributed by atoms with Crippen LogP contribution in [-0.2, 0) is 4.74 Å². The second kappa shape index (κ2) is 8.75. The van der Waals surface area contributed by atoms with E-state index in [2.05, 4.69) is 22.4 Å². The molecule has 1 aliphatic carbocycles. The van der Waals surface area contributed by atoms with Crippen LogP contribution in [0, 0.1) is 6.92 Å². The number of hydrogen-bond donors (Lipinski definition) is 4. The molecule has 160 valence electrons. The zero-order chi connectivity index (χ0) is 22.0. The lowest BCUT2D eigenvalue weighted by Gasteiger charge is -2.19. The summed E-state index contributed by atoms with van der Waals surface area (Å²) in [6.07, 6.45) is -1.98. The highest BCUT2D eigenvalue weighted by molar-refractivity contribution is 5.79. The molecule has 0 radical (unpaired) electrons. The molecule has 1 heterocycles. The Labute approximate surface area is 179 Å². The van der Waals surface area contributed by atoms with Gasteiger partial charge in [0.05, 0.1) is 0 Å². The fourth-order valence-corrected chi connectivity index (χ4v) is 3.99. The van der Waals surface area contributed by atoms with E-state index >= 15 is 0 Å². The van der Waals surface area contributed by atoms with E-state index in [1.54, 1.807) is 6.92 Å². The minimum Gasteiger partial charge on any atom is -0.449 e. The highest BCUT2D eigenvalue weighted by Crippen LogP contribution is 2.44. The summed E-state index contributed by atoms with van der Waals surface area (Å²) in [5.74, 6) is -0.0699. The van der Waals surface area contributed by atoms with Crippen LogP contribution in [0.4, 0.5) is 4.79 Å². The number of benzene rings is 2. The van der Waals surface area contributed by atoms with Crippen LogP contribution in [-0.4, -0.2) is 40.5 Å². The molecule has 7 nitrogen and oxygen atoms in total. The number of H-pyrrole nitrogens is 1. The third kappa shape index (κ3) is 4.23. The number of ether oxygens (including phenoxy) is 1. The standard InChI is InChI=1S/C24H24N2O5/c1-14-10-19(23(29)25-11-14)22(28)21(27)12-26-24(30)31-13-20-17-8-4-2-6-15(17)16-7-3-5-9-18(16)20/h2-11,20-22,27-28H,12-13H2,1H3,(H,25,29)(H,26,30). The van der Waals surface area contributed by atoms with Crippen molar-refractivity contribution in [3.8, 4) is 11.1 Å². The monoisotopic (exact) mass is 420 g/mol. The minimum atomic E-state index is -1.43. The van der Waals surface area contributed by atoms with E-state index in [9.17, 15) is 19.8 Å². The number of fused-ring (bicyclic) bond motifs is 3. The first-order valence-electron chi connectivity index (χ1n) is 10.1. The Morgan fingerprint density at radius 1 is 1.10 bits per heavy atom. The van der Waals surface area contributed by atoms with Crippen molar-refractivity contribution in [2.45, 2.75) is 25.0 Å². The molecule has 0 saturated carbocycles. The van der Waals surface area contributed by atoms with E-state index in [0.717, 1.165) is 27.8 Å². The zero-order valence-electron chi connectivity index (χ0n) is 17.0. The minimum absolute atomic E-state index is 0.0434. The van der Waals surface area contributed by atoms with Gasteiger partial charge in [-0.25, -0.2) is 4.79 Å². The van der Waals surface area contributed by atoms with Crippen molar-refractivity contribution in [3.63, 3.8) is 0 Å². The molecule has 3 aromatic rings. The average Bonchev–Trinajstić information content (AvgIpc) is 3.11. The van der Waals surface area contributed by atoms with Crippen LogP contribution in [0.25, 0.3) is 11.1 Å². The molecule has 31 heavy (non-hydrogen) atoms. The summed E-state index contributed by atoms with van der Waals surface area (Å²) in [6, 6.07) is 17.6. The number of aromatic amines is 1. The molecule has 0 spiro atoms. The van der Waals surface area contributed by atoms with Crippen LogP contribution in [0.3, 0.4) is 0 Å². The second-order valence-electron chi connectivity index (χ2n) is 7.68. The van der Waals surface area contributed by atoms with Gasteiger partial charge < -0.3 is 25.3 Å². The smallest absolute Gasteiger partial charge is 0.407 e. The first-order valence-corrected chi connectivity index (χ1v) is 10.1. The van der Waals surface area contributed by atoms with Crippen LogP contribution in [0.1, 0.15) is 34.3 Å². The number of carbonyl (C=O) groups excluding carboxylic acids is 1. The lowest BCUT2D eigenvalue weighted by molar-refractivity contribution is 0.0177. The molecule has 0 fully saturated rings. The molecule has 4 N–H and O–H groups in total.